The molecular weight excluding hydrogens is 277 g/mol. The highest BCUT2D eigenvalue weighted by molar-refractivity contribution is 5.95. The molecule has 0 spiro atoms. The standard InChI is InChI=1S/C14H18FN3O3/c1-9-2-3-17(13(4-9)8-16)14(19)10-5-11(15)7-12(6-10)18(20)21/h5-7,9,13H,2-4,8,16H2,1H3. The van der Waals surface area contributed by atoms with Gasteiger partial charge in [0.25, 0.3) is 11.6 Å². The normalized spacial score (nSPS) is 22.1. The van der Waals surface area contributed by atoms with Crippen LogP contribution in [0.3, 0.4) is 0 Å². The van der Waals surface area contributed by atoms with Crippen molar-refractivity contribution in [2.75, 3.05) is 13.1 Å². The Morgan fingerprint density at radius 3 is 2.86 bits per heavy atom. The molecule has 21 heavy (non-hydrogen) atoms. The SMILES string of the molecule is CC1CCN(C(=O)c2cc(F)cc([N+](=O)[O-])c2)C(CN)C1. The number of rotatable bonds is 3. The van der Waals surface area contributed by atoms with Crippen molar-refractivity contribution < 1.29 is 14.1 Å². The summed E-state index contributed by atoms with van der Waals surface area (Å²) in [6.07, 6.45) is 1.64. The Bertz CT molecular complexity index is 564. The molecule has 1 aliphatic heterocycles. The number of carbonyl (C=O) groups is 1. The van der Waals surface area contributed by atoms with Crippen molar-refractivity contribution in [3.8, 4) is 0 Å². The number of benzene rings is 1. The maximum absolute atomic E-state index is 13.5. The van der Waals surface area contributed by atoms with Crippen molar-refractivity contribution in [3.05, 3.63) is 39.7 Å². The third kappa shape index (κ3) is 3.36. The van der Waals surface area contributed by atoms with E-state index in [1.54, 1.807) is 4.90 Å². The molecule has 0 saturated carbocycles. The molecule has 2 rings (SSSR count). The predicted molar refractivity (Wildman–Crippen MR) is 75.3 cm³/mol. The molecule has 0 aliphatic carbocycles. The second kappa shape index (κ2) is 6.17. The van der Waals surface area contributed by atoms with E-state index in [9.17, 15) is 19.3 Å². The predicted octanol–water partition coefficient (Wildman–Crippen LogP) is 1.93. The molecule has 1 aromatic rings. The number of non-ortho nitro benzene ring substituents is 1. The first-order valence-corrected chi connectivity index (χ1v) is 6.88. The first kappa shape index (κ1) is 15.4. The quantitative estimate of drug-likeness (QED) is 0.681. The fourth-order valence-corrected chi connectivity index (χ4v) is 2.71. The molecule has 0 radical (unpaired) electrons. The Morgan fingerprint density at radius 2 is 2.24 bits per heavy atom. The van der Waals surface area contributed by atoms with E-state index in [0.717, 1.165) is 31.0 Å². The maximum Gasteiger partial charge on any atom is 0.273 e. The lowest BCUT2D eigenvalue weighted by molar-refractivity contribution is -0.385. The van der Waals surface area contributed by atoms with Crippen molar-refractivity contribution in [1.29, 1.82) is 0 Å². The zero-order valence-corrected chi connectivity index (χ0v) is 11.8. The van der Waals surface area contributed by atoms with Crippen LogP contribution in [0.25, 0.3) is 0 Å². The van der Waals surface area contributed by atoms with Crippen molar-refractivity contribution in [2.24, 2.45) is 11.7 Å². The number of hydrogen-bond donors (Lipinski definition) is 1. The summed E-state index contributed by atoms with van der Waals surface area (Å²) in [5.74, 6) is -0.716. The Labute approximate surface area is 121 Å². The molecule has 1 fully saturated rings. The molecule has 1 amide bonds. The topological polar surface area (TPSA) is 89.5 Å². The molecule has 1 aromatic carbocycles. The van der Waals surface area contributed by atoms with Gasteiger partial charge in [-0.3, -0.25) is 14.9 Å². The van der Waals surface area contributed by atoms with E-state index in [0.29, 0.717) is 19.0 Å². The summed E-state index contributed by atoms with van der Waals surface area (Å²) in [5.41, 5.74) is 5.28. The Morgan fingerprint density at radius 1 is 1.52 bits per heavy atom. The van der Waals surface area contributed by atoms with Gasteiger partial charge in [0.15, 0.2) is 0 Å². The number of piperidine rings is 1. The second-order valence-corrected chi connectivity index (χ2v) is 5.47. The van der Waals surface area contributed by atoms with E-state index in [1.165, 1.54) is 0 Å². The molecule has 0 aromatic heterocycles. The van der Waals surface area contributed by atoms with Crippen LogP contribution < -0.4 is 5.73 Å². The van der Waals surface area contributed by atoms with Crippen LogP contribution in [0.4, 0.5) is 10.1 Å². The van der Waals surface area contributed by atoms with E-state index < -0.39 is 22.3 Å². The molecule has 1 saturated heterocycles. The highest BCUT2D eigenvalue weighted by Crippen LogP contribution is 2.25. The van der Waals surface area contributed by atoms with Gasteiger partial charge in [-0.05, 0) is 24.8 Å². The summed E-state index contributed by atoms with van der Waals surface area (Å²) >= 11 is 0. The lowest BCUT2D eigenvalue weighted by Gasteiger charge is -2.38. The van der Waals surface area contributed by atoms with Gasteiger partial charge in [-0.2, -0.15) is 0 Å². The van der Waals surface area contributed by atoms with Crippen LogP contribution in [-0.2, 0) is 0 Å². The minimum atomic E-state index is -0.790. The third-order valence-electron chi connectivity index (χ3n) is 3.85. The zero-order chi connectivity index (χ0) is 15.6. The summed E-state index contributed by atoms with van der Waals surface area (Å²) < 4.78 is 13.5. The smallest absolute Gasteiger partial charge is 0.273 e. The molecule has 114 valence electrons. The highest BCUT2D eigenvalue weighted by Gasteiger charge is 2.30. The number of hydrogen-bond acceptors (Lipinski definition) is 4. The molecule has 1 aliphatic rings. The van der Waals surface area contributed by atoms with E-state index in [1.807, 2.05) is 0 Å². The first-order chi connectivity index (χ1) is 9.92. The number of nitrogens with zero attached hydrogens (tertiary/aromatic N) is 2. The van der Waals surface area contributed by atoms with E-state index >= 15 is 0 Å². The summed E-state index contributed by atoms with van der Waals surface area (Å²) in [6, 6.07) is 2.83. The van der Waals surface area contributed by atoms with Crippen LogP contribution in [0.2, 0.25) is 0 Å². The third-order valence-corrected chi connectivity index (χ3v) is 3.85. The minimum Gasteiger partial charge on any atom is -0.334 e. The average molecular weight is 295 g/mol. The van der Waals surface area contributed by atoms with Gasteiger partial charge in [-0.1, -0.05) is 6.92 Å². The summed E-state index contributed by atoms with van der Waals surface area (Å²) in [7, 11) is 0. The van der Waals surface area contributed by atoms with Crippen molar-refractivity contribution in [1.82, 2.24) is 4.90 Å². The molecular formula is C14H18FN3O3. The van der Waals surface area contributed by atoms with Gasteiger partial charge in [-0.25, -0.2) is 4.39 Å². The Kier molecular flexibility index (Phi) is 4.52. The fraction of sp³-hybridized carbons (Fsp3) is 0.500. The number of amides is 1. The van der Waals surface area contributed by atoms with Gasteiger partial charge in [0, 0.05) is 30.8 Å². The van der Waals surface area contributed by atoms with Gasteiger partial charge >= 0.3 is 0 Å². The van der Waals surface area contributed by atoms with Crippen molar-refractivity contribution in [3.63, 3.8) is 0 Å². The molecule has 1 heterocycles. The van der Waals surface area contributed by atoms with Gasteiger partial charge in [0.1, 0.15) is 5.82 Å². The Hall–Kier alpha value is -2.02. The van der Waals surface area contributed by atoms with Crippen molar-refractivity contribution >= 4 is 11.6 Å². The van der Waals surface area contributed by atoms with Crippen LogP contribution in [-0.4, -0.2) is 34.9 Å². The van der Waals surface area contributed by atoms with Gasteiger partial charge in [0.2, 0.25) is 0 Å². The summed E-state index contributed by atoms with van der Waals surface area (Å²) in [4.78, 5) is 24.1. The van der Waals surface area contributed by atoms with Gasteiger partial charge in [0.05, 0.1) is 11.0 Å². The van der Waals surface area contributed by atoms with Gasteiger partial charge in [-0.15, -0.1) is 0 Å². The number of nitro benzene ring substituents is 1. The molecule has 2 unspecified atom stereocenters. The number of halogens is 1. The second-order valence-electron chi connectivity index (χ2n) is 5.47. The lowest BCUT2D eigenvalue weighted by Crippen LogP contribution is -2.49. The number of carbonyl (C=O) groups excluding carboxylic acids is 1. The fourth-order valence-electron chi connectivity index (χ4n) is 2.71. The molecule has 6 nitrogen and oxygen atoms in total. The molecule has 0 bridgehead atoms. The largest absolute Gasteiger partial charge is 0.334 e. The van der Waals surface area contributed by atoms with E-state index in [2.05, 4.69) is 6.92 Å². The van der Waals surface area contributed by atoms with Crippen LogP contribution in [0.5, 0.6) is 0 Å². The summed E-state index contributed by atoms with van der Waals surface area (Å²) in [6.45, 7) is 2.96. The van der Waals surface area contributed by atoms with Crippen LogP contribution in [0, 0.1) is 21.8 Å². The molecule has 2 atom stereocenters. The minimum absolute atomic E-state index is 0.00490. The van der Waals surface area contributed by atoms with Crippen LogP contribution in [0.15, 0.2) is 18.2 Å². The number of likely N-dealkylation sites (tertiary alicyclic amines) is 1. The maximum atomic E-state index is 13.5. The monoisotopic (exact) mass is 295 g/mol. The van der Waals surface area contributed by atoms with Crippen LogP contribution >= 0.6 is 0 Å². The molecule has 7 heteroatoms. The number of nitrogens with two attached hydrogens (primary N) is 1. The first-order valence-electron chi connectivity index (χ1n) is 6.88. The van der Waals surface area contributed by atoms with E-state index in [4.69, 9.17) is 5.73 Å². The lowest BCUT2D eigenvalue weighted by atomic mass is 9.92. The van der Waals surface area contributed by atoms with Crippen molar-refractivity contribution in [2.45, 2.75) is 25.8 Å². The zero-order valence-electron chi connectivity index (χ0n) is 11.8. The van der Waals surface area contributed by atoms with Gasteiger partial charge < -0.3 is 10.6 Å². The van der Waals surface area contributed by atoms with Crippen LogP contribution in [0.1, 0.15) is 30.1 Å². The summed E-state index contributed by atoms with van der Waals surface area (Å²) in [5, 5.41) is 10.8. The average Bonchev–Trinajstić information content (AvgIpc) is 2.45. The molecule has 2 N–H and O–H groups in total. The van der Waals surface area contributed by atoms with E-state index in [-0.39, 0.29) is 11.6 Å². The number of nitro groups is 1. The Balaban J connectivity index is 2.28. The highest BCUT2D eigenvalue weighted by atomic mass is 19.1.